The Bertz CT molecular complexity index is 1630. The molecular weight excluding hydrogens is 547 g/mol. The van der Waals surface area contributed by atoms with Gasteiger partial charge in [0.15, 0.2) is 11.4 Å². The number of ketones is 1. The summed E-state index contributed by atoms with van der Waals surface area (Å²) in [4.78, 5) is 30.6. The highest BCUT2D eigenvalue weighted by atomic mass is 19.4. The number of allylic oxidation sites excluding steroid dienone is 1. The molecule has 1 aliphatic heterocycles. The molecule has 0 bridgehead atoms. The lowest BCUT2D eigenvalue weighted by Gasteiger charge is -2.39. The molecule has 0 radical (unpaired) electrons. The fourth-order valence-corrected chi connectivity index (χ4v) is 5.06. The van der Waals surface area contributed by atoms with Crippen LogP contribution in [0.25, 0.3) is 28.2 Å². The Morgan fingerprint density at radius 1 is 1.07 bits per heavy atom. The smallest absolute Gasteiger partial charge is 0.417 e. The highest BCUT2D eigenvalue weighted by molar-refractivity contribution is 5.95. The number of rotatable bonds is 7. The molecule has 0 unspecified atom stereocenters. The number of pyridine rings is 1. The zero-order valence-corrected chi connectivity index (χ0v) is 22.9. The maximum Gasteiger partial charge on any atom is 0.417 e. The highest BCUT2D eigenvalue weighted by Gasteiger charge is 2.54. The van der Waals surface area contributed by atoms with Gasteiger partial charge in [-0.3, -0.25) is 9.59 Å². The Labute approximate surface area is 240 Å². The molecule has 0 atom stereocenters. The van der Waals surface area contributed by atoms with Crippen molar-refractivity contribution in [3.63, 3.8) is 0 Å². The number of nitrogen functional groups attached to an aromatic ring is 1. The number of alkyl halides is 3. The maximum atomic E-state index is 13.1. The number of aryl methyl sites for hydroxylation is 2. The number of aromatic nitrogens is 1. The summed E-state index contributed by atoms with van der Waals surface area (Å²) in [7, 11) is 0. The van der Waals surface area contributed by atoms with Gasteiger partial charge in [0.2, 0.25) is 0 Å². The number of likely N-dealkylation sites (tertiary alicyclic amines) is 1. The number of amides is 1. The van der Waals surface area contributed by atoms with E-state index in [1.807, 2.05) is 25.1 Å². The van der Waals surface area contributed by atoms with Crippen molar-refractivity contribution in [1.82, 2.24) is 9.88 Å². The number of nitrogens with zero attached hydrogens (tertiary/aromatic N) is 2. The van der Waals surface area contributed by atoms with Gasteiger partial charge in [0.25, 0.3) is 5.91 Å². The number of aliphatic hydroxyl groups is 1. The molecule has 0 aliphatic carbocycles. The van der Waals surface area contributed by atoms with Crippen LogP contribution < -0.4 is 5.73 Å². The number of hydrogen-bond acceptors (Lipinski definition) is 6. The molecule has 3 heterocycles. The van der Waals surface area contributed by atoms with Gasteiger partial charge in [0.05, 0.1) is 0 Å². The Morgan fingerprint density at radius 2 is 1.79 bits per heavy atom. The summed E-state index contributed by atoms with van der Waals surface area (Å²) in [6.07, 6.45) is -0.265. The average Bonchev–Trinajstić information content (AvgIpc) is 3.39. The third kappa shape index (κ3) is 6.23. The largest absolute Gasteiger partial charge is 0.461 e. The van der Waals surface area contributed by atoms with Gasteiger partial charge in [0.1, 0.15) is 17.2 Å². The van der Waals surface area contributed by atoms with E-state index in [4.69, 9.17) is 10.2 Å². The third-order valence-electron chi connectivity index (χ3n) is 7.61. The Kier molecular flexibility index (Phi) is 7.92. The number of piperidine rings is 1. The molecule has 0 spiro atoms. The number of nitrogens with two attached hydrogens (primary N) is 1. The van der Waals surface area contributed by atoms with Gasteiger partial charge in [-0.05, 0) is 83.8 Å². The van der Waals surface area contributed by atoms with E-state index < -0.39 is 24.6 Å². The van der Waals surface area contributed by atoms with Crippen molar-refractivity contribution in [2.75, 3.05) is 18.8 Å². The lowest BCUT2D eigenvalue weighted by molar-refractivity contribution is -0.271. The van der Waals surface area contributed by atoms with Gasteiger partial charge in [-0.1, -0.05) is 12.1 Å². The molecule has 2 aromatic heterocycles. The molecule has 42 heavy (non-hydrogen) atoms. The number of carbonyl (C=O) groups excluding carboxylic acids is 2. The molecular formula is C32H30F3N3O4. The number of halogens is 3. The third-order valence-corrected chi connectivity index (χ3v) is 7.61. The van der Waals surface area contributed by atoms with Crippen LogP contribution in [0.4, 0.5) is 19.0 Å². The predicted octanol–water partition coefficient (Wildman–Crippen LogP) is 6.13. The van der Waals surface area contributed by atoms with E-state index in [-0.39, 0.29) is 31.2 Å². The van der Waals surface area contributed by atoms with Gasteiger partial charge in [-0.25, -0.2) is 4.98 Å². The van der Waals surface area contributed by atoms with E-state index in [0.717, 1.165) is 33.2 Å². The molecule has 1 saturated heterocycles. The molecule has 10 heteroatoms. The first-order valence-electron chi connectivity index (χ1n) is 13.6. The van der Waals surface area contributed by atoms with Gasteiger partial charge in [0, 0.05) is 55.9 Å². The highest BCUT2D eigenvalue weighted by Crippen LogP contribution is 2.38. The van der Waals surface area contributed by atoms with Crippen molar-refractivity contribution in [3.8, 4) is 11.1 Å². The number of carbonyl (C=O) groups is 2. The zero-order valence-electron chi connectivity index (χ0n) is 22.9. The predicted molar refractivity (Wildman–Crippen MR) is 154 cm³/mol. The second kappa shape index (κ2) is 11.4. The molecule has 1 aliphatic rings. The minimum atomic E-state index is -4.72. The van der Waals surface area contributed by atoms with Crippen molar-refractivity contribution < 1.29 is 32.3 Å². The second-order valence-corrected chi connectivity index (χ2v) is 10.6. The second-order valence-electron chi connectivity index (χ2n) is 10.6. The first-order valence-corrected chi connectivity index (χ1v) is 13.6. The number of hydrogen-bond donors (Lipinski definition) is 2. The fourth-order valence-electron chi connectivity index (χ4n) is 5.06. The molecule has 218 valence electrons. The lowest BCUT2D eigenvalue weighted by atomic mass is 9.90. The summed E-state index contributed by atoms with van der Waals surface area (Å²) < 4.78 is 45.3. The first-order chi connectivity index (χ1) is 19.9. The maximum absolute atomic E-state index is 13.1. The first kappa shape index (κ1) is 29.1. The molecule has 0 saturated carbocycles. The van der Waals surface area contributed by atoms with Crippen molar-refractivity contribution in [3.05, 3.63) is 89.3 Å². The number of anilines is 1. The van der Waals surface area contributed by atoms with E-state index in [9.17, 15) is 27.9 Å². The van der Waals surface area contributed by atoms with Gasteiger partial charge in [-0.2, -0.15) is 13.2 Å². The number of fused-ring (bicyclic) bond motifs is 1. The van der Waals surface area contributed by atoms with Crippen molar-refractivity contribution in [1.29, 1.82) is 0 Å². The summed E-state index contributed by atoms with van der Waals surface area (Å²) in [5.41, 5.74) is 7.41. The molecule has 7 nitrogen and oxygen atoms in total. The molecule has 3 N–H and O–H groups in total. The summed E-state index contributed by atoms with van der Waals surface area (Å²) in [6.45, 7) is 1.60. The van der Waals surface area contributed by atoms with E-state index in [1.54, 1.807) is 48.7 Å². The molecule has 2 aromatic carbocycles. The van der Waals surface area contributed by atoms with Crippen LogP contribution in [0.5, 0.6) is 0 Å². The summed E-state index contributed by atoms with van der Waals surface area (Å²) in [5, 5.41) is 10.8. The standard InChI is InChI=1S/C32H30F3N3O4/c1-20-16-24(22-4-6-23(7-5-22)30(40)38-14-12-31(41,13-15-38)32(33,34)35)17-25-18-27(42-29(20)25)10-9-26(39)8-2-21-3-11-28(36)37-19-21/h2-8,11,16-19,41H,9-10,12-15H2,1H3,(H2,36,37)/b8-2+. The van der Waals surface area contributed by atoms with Crippen LogP contribution in [0.1, 0.15) is 46.5 Å². The van der Waals surface area contributed by atoms with E-state index >= 15 is 0 Å². The SMILES string of the molecule is Cc1cc(-c2ccc(C(=O)N3CCC(O)(C(F)(F)F)CC3)cc2)cc2cc(CCC(=O)/C=C/c3ccc(N)nc3)oc12. The van der Waals surface area contributed by atoms with Crippen LogP contribution in [0, 0.1) is 6.92 Å². The van der Waals surface area contributed by atoms with Gasteiger partial charge >= 0.3 is 6.18 Å². The topological polar surface area (TPSA) is 110 Å². The zero-order chi connectivity index (χ0) is 30.1. The summed E-state index contributed by atoms with van der Waals surface area (Å²) in [6, 6.07) is 16.2. The summed E-state index contributed by atoms with van der Waals surface area (Å²) in [5.74, 6) is 0.699. The van der Waals surface area contributed by atoms with Crippen LogP contribution >= 0.6 is 0 Å². The van der Waals surface area contributed by atoms with Gasteiger partial charge in [-0.15, -0.1) is 0 Å². The van der Waals surface area contributed by atoms with Crippen LogP contribution in [0.3, 0.4) is 0 Å². The number of furan rings is 1. The summed E-state index contributed by atoms with van der Waals surface area (Å²) >= 11 is 0. The lowest BCUT2D eigenvalue weighted by Crippen LogP contribution is -2.54. The van der Waals surface area contributed by atoms with E-state index in [0.29, 0.717) is 23.6 Å². The Balaban J connectivity index is 1.23. The van der Waals surface area contributed by atoms with Crippen LogP contribution in [0.15, 0.2) is 71.3 Å². The average molecular weight is 578 g/mol. The van der Waals surface area contributed by atoms with Crippen LogP contribution in [0.2, 0.25) is 0 Å². The fraction of sp³-hybridized carbons (Fsp3) is 0.281. The quantitative estimate of drug-likeness (QED) is 0.256. The van der Waals surface area contributed by atoms with E-state index in [2.05, 4.69) is 4.98 Å². The number of benzene rings is 2. The molecule has 4 aromatic rings. The molecule has 5 rings (SSSR count). The van der Waals surface area contributed by atoms with Crippen LogP contribution in [-0.4, -0.2) is 51.5 Å². The van der Waals surface area contributed by atoms with Gasteiger partial charge < -0.3 is 20.2 Å². The van der Waals surface area contributed by atoms with Crippen molar-refractivity contribution in [2.45, 2.75) is 44.4 Å². The van der Waals surface area contributed by atoms with Crippen molar-refractivity contribution in [2.24, 2.45) is 0 Å². The van der Waals surface area contributed by atoms with E-state index in [1.165, 1.54) is 11.0 Å². The minimum absolute atomic E-state index is 0.0417. The Morgan fingerprint density at radius 3 is 2.43 bits per heavy atom. The monoisotopic (exact) mass is 577 g/mol. The molecule has 1 amide bonds. The Hall–Kier alpha value is -4.44. The van der Waals surface area contributed by atoms with Crippen LogP contribution in [-0.2, 0) is 11.2 Å². The minimum Gasteiger partial charge on any atom is -0.461 e. The molecule has 1 fully saturated rings. The van der Waals surface area contributed by atoms with Crippen molar-refractivity contribution >= 4 is 34.6 Å². The normalized spacial score (nSPS) is 15.4.